The molecule has 0 aliphatic carbocycles. The fourth-order valence-electron chi connectivity index (χ4n) is 3.89. The number of nitrogens with zero attached hydrogens (tertiary/aromatic N) is 1. The number of carbonyl (C=O) groups excluding carboxylic acids is 2. The predicted octanol–water partition coefficient (Wildman–Crippen LogP) is 4.93. The van der Waals surface area contributed by atoms with Crippen LogP contribution in [0.5, 0.6) is 5.75 Å². The summed E-state index contributed by atoms with van der Waals surface area (Å²) in [6.07, 6.45) is -0.293. The molecule has 1 atom stereocenters. The fraction of sp³-hybridized carbons (Fsp3) is 0.417. The number of nitrogens with one attached hydrogen (secondary N) is 1. The van der Waals surface area contributed by atoms with Gasteiger partial charge in [0.1, 0.15) is 17.5 Å². The van der Waals surface area contributed by atoms with Gasteiger partial charge >= 0.3 is 6.09 Å². The summed E-state index contributed by atoms with van der Waals surface area (Å²) < 4.78 is 37.4. The Hall–Kier alpha value is -2.87. The molecule has 1 fully saturated rings. The van der Waals surface area contributed by atoms with Crippen LogP contribution in [-0.4, -0.2) is 54.2 Å². The lowest BCUT2D eigenvalue weighted by molar-refractivity contribution is -0.113. The van der Waals surface area contributed by atoms with Crippen LogP contribution >= 0.6 is 11.6 Å². The summed E-state index contributed by atoms with van der Waals surface area (Å²) in [5, 5.41) is 3.19. The number of hydrogen-bond donors (Lipinski definition) is 1. The molecule has 0 aromatic heterocycles. The predicted molar refractivity (Wildman–Crippen MR) is 120 cm³/mol. The highest BCUT2D eigenvalue weighted by Gasteiger charge is 2.46. The molecule has 2 amide bonds. The second kappa shape index (κ2) is 8.48. The Morgan fingerprint density at radius 3 is 2.45 bits per heavy atom. The maximum atomic E-state index is 13.1. The lowest BCUT2D eigenvalue weighted by atomic mass is 9.95. The highest BCUT2D eigenvalue weighted by Crippen LogP contribution is 2.42. The second-order valence-corrected chi connectivity index (χ2v) is 9.73. The van der Waals surface area contributed by atoms with E-state index in [1.165, 1.54) is 0 Å². The minimum atomic E-state index is -2.80. The van der Waals surface area contributed by atoms with Gasteiger partial charge in [-0.15, -0.1) is 0 Å². The number of carbonyl (C=O) groups is 2. The molecule has 2 heterocycles. The summed E-state index contributed by atoms with van der Waals surface area (Å²) >= 11 is 6.34. The van der Waals surface area contributed by atoms with Gasteiger partial charge in [-0.2, -0.15) is 0 Å². The summed E-state index contributed by atoms with van der Waals surface area (Å²) in [4.78, 5) is 25.4. The van der Waals surface area contributed by atoms with Crippen LogP contribution in [0, 0.1) is 0 Å². The first-order valence-corrected chi connectivity index (χ1v) is 11.0. The van der Waals surface area contributed by atoms with E-state index in [0.717, 1.165) is 21.6 Å². The van der Waals surface area contributed by atoms with Gasteiger partial charge in [0.15, 0.2) is 0 Å². The highest BCUT2D eigenvalue weighted by atomic mass is 35.5. The van der Waals surface area contributed by atoms with Crippen LogP contribution in [0.3, 0.4) is 0 Å². The number of amides is 2. The molecule has 33 heavy (non-hydrogen) atoms. The van der Waals surface area contributed by atoms with Gasteiger partial charge in [0.05, 0.1) is 24.7 Å². The van der Waals surface area contributed by atoms with Crippen LogP contribution in [0.4, 0.5) is 13.6 Å². The third-order valence-electron chi connectivity index (χ3n) is 5.38. The van der Waals surface area contributed by atoms with Crippen molar-refractivity contribution in [3.63, 3.8) is 0 Å². The summed E-state index contributed by atoms with van der Waals surface area (Å²) in [5.41, 5.74) is 2.40. The molecular weight excluding hydrogens is 454 g/mol. The van der Waals surface area contributed by atoms with E-state index >= 15 is 0 Å². The minimum absolute atomic E-state index is 0.257. The summed E-state index contributed by atoms with van der Waals surface area (Å²) in [7, 11) is 0. The van der Waals surface area contributed by atoms with Crippen molar-refractivity contribution >= 4 is 23.6 Å². The topological polar surface area (TPSA) is 67.9 Å². The molecule has 1 unspecified atom stereocenters. The average Bonchev–Trinajstić information content (AvgIpc) is 3.14. The van der Waals surface area contributed by atoms with Crippen LogP contribution in [0.15, 0.2) is 36.4 Å². The van der Waals surface area contributed by atoms with E-state index in [0.29, 0.717) is 22.8 Å². The van der Waals surface area contributed by atoms with Crippen LogP contribution in [0.1, 0.15) is 36.7 Å². The monoisotopic (exact) mass is 478 g/mol. The van der Waals surface area contributed by atoms with Crippen molar-refractivity contribution in [1.29, 1.82) is 0 Å². The van der Waals surface area contributed by atoms with Crippen molar-refractivity contribution < 1.29 is 27.8 Å². The number of alkyl carbamates (subject to hydrolysis) is 1. The Kier molecular flexibility index (Phi) is 5.99. The van der Waals surface area contributed by atoms with E-state index < -0.39 is 36.6 Å². The average molecular weight is 479 g/mol. The first-order chi connectivity index (χ1) is 15.4. The van der Waals surface area contributed by atoms with Crippen molar-refractivity contribution in [2.24, 2.45) is 0 Å². The van der Waals surface area contributed by atoms with Crippen LogP contribution in [0.2, 0.25) is 5.02 Å². The largest absolute Gasteiger partial charge is 0.486 e. The molecule has 0 spiro atoms. The molecule has 9 heteroatoms. The van der Waals surface area contributed by atoms with Crippen molar-refractivity contribution in [2.75, 3.05) is 19.6 Å². The fourth-order valence-corrected chi connectivity index (χ4v) is 4.11. The normalized spacial score (nSPS) is 18.7. The van der Waals surface area contributed by atoms with Gasteiger partial charge < -0.3 is 19.7 Å². The molecule has 6 nitrogen and oxygen atoms in total. The van der Waals surface area contributed by atoms with E-state index in [-0.39, 0.29) is 12.6 Å². The number of alkyl halides is 2. The summed E-state index contributed by atoms with van der Waals surface area (Å²) in [5.74, 6) is -2.65. The standard InChI is InChI=1S/C24H25ClF2N2O4/c1-23(2,3)33-22(31)28-11-16-10-18-17(8-9-19(25)20(18)32-16)14-4-6-15(7-5-14)21(30)29-12-24(26,27)13-29/h4-9,16H,10-13H2,1-3H3,(H,28,31). The molecule has 1 saturated heterocycles. The lowest BCUT2D eigenvalue weighted by Gasteiger charge is -2.38. The Morgan fingerprint density at radius 2 is 1.85 bits per heavy atom. The van der Waals surface area contributed by atoms with Crippen molar-refractivity contribution in [3.8, 4) is 16.9 Å². The van der Waals surface area contributed by atoms with Gasteiger partial charge in [0.25, 0.3) is 11.8 Å². The zero-order chi connectivity index (χ0) is 24.0. The molecular formula is C24H25ClF2N2O4. The number of halogens is 3. The molecule has 1 N–H and O–H groups in total. The van der Waals surface area contributed by atoms with Gasteiger partial charge in [-0.1, -0.05) is 29.8 Å². The number of likely N-dealkylation sites (tertiary alicyclic amines) is 1. The smallest absolute Gasteiger partial charge is 0.407 e. The van der Waals surface area contributed by atoms with Crippen molar-refractivity contribution in [2.45, 2.75) is 44.8 Å². The van der Waals surface area contributed by atoms with Gasteiger partial charge in [0.2, 0.25) is 0 Å². The number of benzene rings is 2. The third-order valence-corrected chi connectivity index (χ3v) is 5.67. The summed E-state index contributed by atoms with van der Waals surface area (Å²) in [6.45, 7) is 4.53. The van der Waals surface area contributed by atoms with Gasteiger partial charge in [0, 0.05) is 17.5 Å². The quantitative estimate of drug-likeness (QED) is 0.677. The van der Waals surface area contributed by atoms with E-state index in [4.69, 9.17) is 21.1 Å². The van der Waals surface area contributed by atoms with Crippen LogP contribution in [0.25, 0.3) is 11.1 Å². The Labute approximate surface area is 195 Å². The number of ether oxygens (including phenoxy) is 2. The second-order valence-electron chi connectivity index (χ2n) is 9.32. The number of rotatable bonds is 4. The number of fused-ring (bicyclic) bond motifs is 1. The SMILES string of the molecule is CC(C)(C)OC(=O)NCC1Cc2c(-c3ccc(C(=O)N4CC(F)(F)C4)cc3)ccc(Cl)c2O1. The van der Waals surface area contributed by atoms with Gasteiger partial charge in [-0.05, 0) is 50.1 Å². The molecule has 0 radical (unpaired) electrons. The van der Waals surface area contributed by atoms with Crippen LogP contribution < -0.4 is 10.1 Å². The molecule has 2 aromatic carbocycles. The molecule has 2 aromatic rings. The van der Waals surface area contributed by atoms with Crippen LogP contribution in [-0.2, 0) is 11.2 Å². The van der Waals surface area contributed by atoms with E-state index in [1.807, 2.05) is 6.07 Å². The maximum Gasteiger partial charge on any atom is 0.407 e. The molecule has 4 rings (SSSR count). The summed E-state index contributed by atoms with van der Waals surface area (Å²) in [6, 6.07) is 10.4. The zero-order valence-electron chi connectivity index (χ0n) is 18.6. The molecule has 0 bridgehead atoms. The third kappa shape index (κ3) is 5.21. The Morgan fingerprint density at radius 1 is 1.18 bits per heavy atom. The Bertz CT molecular complexity index is 1080. The van der Waals surface area contributed by atoms with E-state index in [9.17, 15) is 18.4 Å². The van der Waals surface area contributed by atoms with Crippen molar-refractivity contribution in [1.82, 2.24) is 10.2 Å². The van der Waals surface area contributed by atoms with E-state index in [2.05, 4.69) is 5.32 Å². The molecule has 2 aliphatic heterocycles. The number of hydrogen-bond acceptors (Lipinski definition) is 4. The highest BCUT2D eigenvalue weighted by molar-refractivity contribution is 6.32. The van der Waals surface area contributed by atoms with Crippen molar-refractivity contribution in [3.05, 3.63) is 52.5 Å². The lowest BCUT2D eigenvalue weighted by Crippen LogP contribution is -2.58. The molecule has 176 valence electrons. The zero-order valence-corrected chi connectivity index (χ0v) is 19.3. The Balaban J connectivity index is 1.45. The first-order valence-electron chi connectivity index (χ1n) is 10.6. The molecule has 2 aliphatic rings. The maximum absolute atomic E-state index is 13.1. The first kappa shape index (κ1) is 23.3. The van der Waals surface area contributed by atoms with E-state index in [1.54, 1.807) is 51.1 Å². The molecule has 0 saturated carbocycles. The van der Waals surface area contributed by atoms with Gasteiger partial charge in [-0.25, -0.2) is 13.6 Å². The minimum Gasteiger partial charge on any atom is -0.486 e. The van der Waals surface area contributed by atoms with Gasteiger partial charge in [-0.3, -0.25) is 4.79 Å².